The lowest BCUT2D eigenvalue weighted by Crippen LogP contribution is -2.33. The maximum absolute atomic E-state index is 13.1. The van der Waals surface area contributed by atoms with Crippen molar-refractivity contribution < 1.29 is 13.6 Å². The van der Waals surface area contributed by atoms with Gasteiger partial charge in [-0.15, -0.1) is 10.2 Å². The lowest BCUT2D eigenvalue weighted by molar-refractivity contribution is -0.120. The van der Waals surface area contributed by atoms with E-state index >= 15 is 0 Å². The molecule has 1 amide bonds. The number of nitrogens with one attached hydrogen (secondary N) is 1. The first kappa shape index (κ1) is 20.0. The number of halogens is 2. The molecule has 0 spiro atoms. The second kappa shape index (κ2) is 8.52. The van der Waals surface area contributed by atoms with Crippen molar-refractivity contribution in [3.8, 4) is 11.4 Å². The number of aromatic nitrogens is 3. The van der Waals surface area contributed by atoms with Crippen molar-refractivity contribution in [3.05, 3.63) is 65.7 Å². The lowest BCUT2D eigenvalue weighted by Gasteiger charge is -2.17. The fraction of sp³-hybridized carbons (Fsp3) is 0.250. The Morgan fingerprint density at radius 1 is 1.00 bits per heavy atom. The largest absolute Gasteiger partial charge is 0.349 e. The lowest BCUT2D eigenvalue weighted by atomic mass is 10.1. The minimum absolute atomic E-state index is 0.159. The highest BCUT2D eigenvalue weighted by molar-refractivity contribution is 8.00. The van der Waals surface area contributed by atoms with Crippen molar-refractivity contribution in [2.24, 2.45) is 7.05 Å². The molecule has 2 unspecified atom stereocenters. The van der Waals surface area contributed by atoms with Crippen LogP contribution < -0.4 is 5.32 Å². The number of hydrogen-bond acceptors (Lipinski definition) is 4. The van der Waals surface area contributed by atoms with E-state index in [1.54, 1.807) is 42.8 Å². The van der Waals surface area contributed by atoms with E-state index in [9.17, 15) is 13.6 Å². The van der Waals surface area contributed by atoms with Crippen LogP contribution >= 0.6 is 11.8 Å². The highest BCUT2D eigenvalue weighted by Gasteiger charge is 2.21. The normalized spacial score (nSPS) is 13.2. The zero-order valence-electron chi connectivity index (χ0n) is 15.7. The summed E-state index contributed by atoms with van der Waals surface area (Å²) in [5.41, 5.74) is 1.56. The maximum Gasteiger partial charge on any atom is 0.233 e. The van der Waals surface area contributed by atoms with Gasteiger partial charge in [-0.2, -0.15) is 0 Å². The first-order valence-corrected chi connectivity index (χ1v) is 9.61. The number of hydrogen-bond donors (Lipinski definition) is 1. The van der Waals surface area contributed by atoms with Crippen LogP contribution in [0.15, 0.2) is 53.7 Å². The molecule has 1 N–H and O–H groups in total. The second-order valence-electron chi connectivity index (χ2n) is 6.41. The van der Waals surface area contributed by atoms with Crippen molar-refractivity contribution in [3.63, 3.8) is 0 Å². The molecule has 1 heterocycles. The average molecular weight is 402 g/mol. The van der Waals surface area contributed by atoms with Gasteiger partial charge in [0.2, 0.25) is 5.91 Å². The van der Waals surface area contributed by atoms with Gasteiger partial charge in [0.05, 0.1) is 11.3 Å². The Bertz CT molecular complexity index is 957. The molecular weight excluding hydrogens is 382 g/mol. The summed E-state index contributed by atoms with van der Waals surface area (Å²) in [4.78, 5) is 12.5. The Balaban J connectivity index is 1.65. The summed E-state index contributed by atoms with van der Waals surface area (Å²) >= 11 is 1.28. The van der Waals surface area contributed by atoms with Crippen LogP contribution in [0.1, 0.15) is 25.5 Å². The maximum atomic E-state index is 13.1. The van der Waals surface area contributed by atoms with Gasteiger partial charge in [-0.1, -0.05) is 23.9 Å². The van der Waals surface area contributed by atoms with Crippen molar-refractivity contribution in [2.45, 2.75) is 30.3 Å². The molecule has 0 saturated heterocycles. The van der Waals surface area contributed by atoms with Gasteiger partial charge in [-0.05, 0) is 55.8 Å². The quantitative estimate of drug-likeness (QED) is 0.630. The third-order valence-corrected chi connectivity index (χ3v) is 5.45. The minimum atomic E-state index is -0.410. The molecule has 28 heavy (non-hydrogen) atoms. The van der Waals surface area contributed by atoms with Gasteiger partial charge < -0.3 is 9.88 Å². The zero-order chi connectivity index (χ0) is 20.3. The second-order valence-corrected chi connectivity index (χ2v) is 7.72. The summed E-state index contributed by atoms with van der Waals surface area (Å²) in [6, 6.07) is 11.8. The summed E-state index contributed by atoms with van der Waals surface area (Å²) < 4.78 is 27.9. The van der Waals surface area contributed by atoms with Gasteiger partial charge in [0.15, 0.2) is 11.0 Å². The van der Waals surface area contributed by atoms with Crippen LogP contribution in [0.25, 0.3) is 11.4 Å². The van der Waals surface area contributed by atoms with Crippen molar-refractivity contribution in [1.82, 2.24) is 20.1 Å². The number of amides is 1. The predicted octanol–water partition coefficient (Wildman–Crippen LogP) is 4.12. The van der Waals surface area contributed by atoms with Gasteiger partial charge in [-0.3, -0.25) is 4.79 Å². The number of carbonyl (C=O) groups is 1. The molecule has 8 heteroatoms. The summed E-state index contributed by atoms with van der Waals surface area (Å²) in [7, 11) is 1.80. The van der Waals surface area contributed by atoms with Gasteiger partial charge in [0.1, 0.15) is 11.6 Å². The topological polar surface area (TPSA) is 59.8 Å². The van der Waals surface area contributed by atoms with Gasteiger partial charge in [0.25, 0.3) is 0 Å². The van der Waals surface area contributed by atoms with Gasteiger partial charge >= 0.3 is 0 Å². The van der Waals surface area contributed by atoms with Crippen LogP contribution in [-0.4, -0.2) is 25.9 Å². The van der Waals surface area contributed by atoms with Crippen LogP contribution in [0.5, 0.6) is 0 Å². The number of nitrogens with zero attached hydrogens (tertiary/aromatic N) is 3. The standard InChI is InChI=1S/C20H20F2N4OS/c1-12(14-4-8-16(21)9-5-14)23-19(27)13(2)28-20-25-24-18(26(20)3)15-6-10-17(22)11-7-15/h4-13H,1-3H3,(H,23,27). The first-order chi connectivity index (χ1) is 13.3. The number of rotatable bonds is 6. The third-order valence-electron chi connectivity index (χ3n) is 4.32. The summed E-state index contributed by atoms with van der Waals surface area (Å²) in [5, 5.41) is 11.4. The first-order valence-electron chi connectivity index (χ1n) is 8.73. The van der Waals surface area contributed by atoms with Crippen molar-refractivity contribution in [1.29, 1.82) is 0 Å². The average Bonchev–Trinajstić information content (AvgIpc) is 3.03. The van der Waals surface area contributed by atoms with E-state index in [1.165, 1.54) is 36.0 Å². The minimum Gasteiger partial charge on any atom is -0.349 e. The van der Waals surface area contributed by atoms with E-state index in [0.717, 1.165) is 11.1 Å². The molecule has 3 aromatic rings. The molecule has 0 aliphatic heterocycles. The number of carbonyl (C=O) groups excluding carboxylic acids is 1. The Morgan fingerprint density at radius 3 is 2.18 bits per heavy atom. The summed E-state index contributed by atoms with van der Waals surface area (Å²) in [6.07, 6.45) is 0. The Labute approximate surface area is 166 Å². The Morgan fingerprint density at radius 2 is 1.57 bits per heavy atom. The van der Waals surface area contributed by atoms with E-state index in [0.29, 0.717) is 11.0 Å². The number of thioether (sulfide) groups is 1. The molecule has 0 aliphatic carbocycles. The van der Waals surface area contributed by atoms with E-state index in [2.05, 4.69) is 15.5 Å². The van der Waals surface area contributed by atoms with E-state index in [4.69, 9.17) is 0 Å². The van der Waals surface area contributed by atoms with Crippen LogP contribution in [0.4, 0.5) is 8.78 Å². The Kier molecular flexibility index (Phi) is 6.08. The summed E-state index contributed by atoms with van der Waals surface area (Å²) in [5.74, 6) is -0.200. The predicted molar refractivity (Wildman–Crippen MR) is 105 cm³/mol. The Hall–Kier alpha value is -2.74. The molecule has 0 saturated carbocycles. The molecule has 2 atom stereocenters. The molecular formula is C20H20F2N4OS. The van der Waals surface area contributed by atoms with Gasteiger partial charge in [0, 0.05) is 12.6 Å². The summed E-state index contributed by atoms with van der Waals surface area (Å²) in [6.45, 7) is 3.63. The third kappa shape index (κ3) is 4.56. The molecule has 3 rings (SSSR count). The highest BCUT2D eigenvalue weighted by atomic mass is 32.2. The monoisotopic (exact) mass is 402 g/mol. The van der Waals surface area contributed by atoms with Crippen molar-refractivity contribution in [2.75, 3.05) is 0 Å². The van der Waals surface area contributed by atoms with Crippen molar-refractivity contribution >= 4 is 17.7 Å². The molecule has 5 nitrogen and oxygen atoms in total. The zero-order valence-corrected chi connectivity index (χ0v) is 16.5. The smallest absolute Gasteiger partial charge is 0.233 e. The van der Waals surface area contributed by atoms with E-state index in [-0.39, 0.29) is 23.6 Å². The highest BCUT2D eigenvalue weighted by Crippen LogP contribution is 2.26. The molecule has 0 fully saturated rings. The molecule has 2 aromatic carbocycles. The fourth-order valence-corrected chi connectivity index (χ4v) is 3.47. The molecule has 0 bridgehead atoms. The molecule has 0 aliphatic rings. The molecule has 1 aromatic heterocycles. The van der Waals surface area contributed by atoms with E-state index in [1.807, 2.05) is 6.92 Å². The van der Waals surface area contributed by atoms with Crippen LogP contribution in [-0.2, 0) is 11.8 Å². The van der Waals surface area contributed by atoms with Gasteiger partial charge in [-0.25, -0.2) is 8.78 Å². The molecule has 0 radical (unpaired) electrons. The van der Waals surface area contributed by atoms with Crippen LogP contribution in [0, 0.1) is 11.6 Å². The molecule has 146 valence electrons. The SMILES string of the molecule is CC(Sc1nnc(-c2ccc(F)cc2)n1C)C(=O)NC(C)c1ccc(F)cc1. The fourth-order valence-electron chi connectivity index (χ4n) is 2.65. The van der Waals surface area contributed by atoms with Crippen LogP contribution in [0.2, 0.25) is 0 Å². The van der Waals surface area contributed by atoms with Crippen LogP contribution in [0.3, 0.4) is 0 Å². The van der Waals surface area contributed by atoms with E-state index < -0.39 is 5.25 Å². The number of benzene rings is 2.